The molecule has 0 saturated heterocycles. The molecule has 5 rings (SSSR count). The monoisotopic (exact) mass is 424 g/mol. The molecule has 6 nitrogen and oxygen atoms in total. The van der Waals surface area contributed by atoms with E-state index in [1.54, 1.807) is 13.0 Å². The van der Waals surface area contributed by atoms with Gasteiger partial charge in [0.2, 0.25) is 5.91 Å². The first-order valence-corrected chi connectivity index (χ1v) is 10.8. The van der Waals surface area contributed by atoms with Gasteiger partial charge in [0, 0.05) is 28.8 Å². The van der Waals surface area contributed by atoms with E-state index < -0.39 is 0 Å². The summed E-state index contributed by atoms with van der Waals surface area (Å²) in [6.45, 7) is 3.89. The van der Waals surface area contributed by atoms with Crippen molar-refractivity contribution in [1.29, 1.82) is 0 Å². The fraction of sp³-hybridized carbons (Fsp3) is 0.192. The molecular weight excluding hydrogens is 400 g/mol. The van der Waals surface area contributed by atoms with Crippen molar-refractivity contribution < 1.29 is 9.32 Å². The second-order valence-corrected chi connectivity index (χ2v) is 8.14. The van der Waals surface area contributed by atoms with Gasteiger partial charge in [-0.15, -0.1) is 0 Å². The third kappa shape index (κ3) is 3.99. The molecule has 0 spiro atoms. The number of para-hydroxylation sites is 1. The van der Waals surface area contributed by atoms with Crippen LogP contribution in [0, 0.1) is 13.8 Å². The number of nitrogens with one attached hydrogen (secondary N) is 2. The van der Waals surface area contributed by atoms with E-state index in [0.29, 0.717) is 24.4 Å². The minimum absolute atomic E-state index is 0.0697. The Hall–Kier alpha value is -3.93. The molecule has 3 aromatic heterocycles. The van der Waals surface area contributed by atoms with E-state index in [9.17, 15) is 4.79 Å². The van der Waals surface area contributed by atoms with Gasteiger partial charge in [0.1, 0.15) is 5.76 Å². The zero-order valence-corrected chi connectivity index (χ0v) is 18.1. The van der Waals surface area contributed by atoms with Crippen molar-refractivity contribution in [3.05, 3.63) is 77.6 Å². The van der Waals surface area contributed by atoms with Crippen LogP contribution in [0.2, 0.25) is 0 Å². The van der Waals surface area contributed by atoms with Crippen LogP contribution in [-0.2, 0) is 11.2 Å². The maximum absolute atomic E-state index is 12.4. The summed E-state index contributed by atoms with van der Waals surface area (Å²) in [6, 6.07) is 20.4. The largest absolute Gasteiger partial charge is 0.360 e. The number of carbonyl (C=O) groups is 1. The number of pyridine rings is 1. The molecule has 3 heterocycles. The topological polar surface area (TPSA) is 83.8 Å². The van der Waals surface area contributed by atoms with Crippen molar-refractivity contribution >= 4 is 33.5 Å². The van der Waals surface area contributed by atoms with Gasteiger partial charge in [-0.3, -0.25) is 4.79 Å². The van der Waals surface area contributed by atoms with E-state index in [-0.39, 0.29) is 5.91 Å². The van der Waals surface area contributed by atoms with Crippen LogP contribution in [0.5, 0.6) is 0 Å². The zero-order valence-electron chi connectivity index (χ0n) is 18.1. The molecule has 1 amide bonds. The predicted molar refractivity (Wildman–Crippen MR) is 127 cm³/mol. The first-order valence-electron chi connectivity index (χ1n) is 10.8. The molecule has 2 N–H and O–H groups in total. The highest BCUT2D eigenvalue weighted by molar-refractivity contribution is 5.92. The molecule has 160 valence electrons. The highest BCUT2D eigenvalue weighted by Crippen LogP contribution is 2.32. The number of hydrogen-bond acceptors (Lipinski definition) is 4. The number of aromatic amines is 1. The number of carbonyl (C=O) groups excluding carboxylic acids is 1. The van der Waals surface area contributed by atoms with E-state index in [4.69, 9.17) is 9.51 Å². The Labute approximate surface area is 185 Å². The van der Waals surface area contributed by atoms with Gasteiger partial charge in [0.05, 0.1) is 16.9 Å². The number of nitrogens with zero attached hydrogens (tertiary/aromatic N) is 2. The number of aryl methyl sites for hydroxylation is 3. The smallest absolute Gasteiger partial charge is 0.225 e. The number of anilines is 1. The SMILES string of the molecule is Cc1ccc2[nH]c(-c3ccc4ccccc4n3)c(CCCC(=O)Nc3cc(C)on3)c2c1. The summed E-state index contributed by atoms with van der Waals surface area (Å²) >= 11 is 0. The minimum atomic E-state index is -0.0697. The van der Waals surface area contributed by atoms with Crippen LogP contribution in [0.15, 0.2) is 65.2 Å². The van der Waals surface area contributed by atoms with Crippen molar-refractivity contribution in [1.82, 2.24) is 15.1 Å². The van der Waals surface area contributed by atoms with Crippen molar-refractivity contribution in [3.63, 3.8) is 0 Å². The molecule has 2 aromatic carbocycles. The summed E-state index contributed by atoms with van der Waals surface area (Å²) in [7, 11) is 0. The normalized spacial score (nSPS) is 11.3. The molecule has 0 aliphatic heterocycles. The Morgan fingerprint density at radius 1 is 1.06 bits per heavy atom. The van der Waals surface area contributed by atoms with E-state index in [1.807, 2.05) is 18.2 Å². The summed E-state index contributed by atoms with van der Waals surface area (Å²) in [5, 5.41) is 8.91. The number of aromatic nitrogens is 3. The van der Waals surface area contributed by atoms with Crippen LogP contribution in [0.4, 0.5) is 5.82 Å². The summed E-state index contributed by atoms with van der Waals surface area (Å²) in [6.07, 6.45) is 1.87. The Morgan fingerprint density at radius 3 is 2.78 bits per heavy atom. The zero-order chi connectivity index (χ0) is 22.1. The highest BCUT2D eigenvalue weighted by Gasteiger charge is 2.16. The standard InChI is InChI=1S/C26H24N4O2/c1-16-10-12-22-20(14-16)19(7-5-9-25(31)29-24-15-17(2)32-30-24)26(28-22)23-13-11-18-6-3-4-8-21(18)27-23/h3-4,6,8,10-15,28H,5,7,9H2,1-2H3,(H,29,30,31). The quantitative estimate of drug-likeness (QED) is 0.353. The third-order valence-electron chi connectivity index (χ3n) is 5.64. The van der Waals surface area contributed by atoms with Crippen LogP contribution in [0.1, 0.15) is 29.7 Å². The van der Waals surface area contributed by atoms with Gasteiger partial charge in [-0.2, -0.15) is 0 Å². The Morgan fingerprint density at radius 2 is 1.94 bits per heavy atom. The fourth-order valence-electron chi connectivity index (χ4n) is 4.10. The number of hydrogen-bond donors (Lipinski definition) is 2. The Bertz CT molecular complexity index is 1430. The maximum Gasteiger partial charge on any atom is 0.225 e. The highest BCUT2D eigenvalue weighted by atomic mass is 16.5. The summed E-state index contributed by atoms with van der Waals surface area (Å²) in [5.74, 6) is 1.05. The molecule has 5 aromatic rings. The van der Waals surface area contributed by atoms with E-state index in [2.05, 4.69) is 58.8 Å². The summed E-state index contributed by atoms with van der Waals surface area (Å²) in [4.78, 5) is 20.8. The number of benzene rings is 2. The van der Waals surface area contributed by atoms with Gasteiger partial charge in [0.15, 0.2) is 5.82 Å². The molecule has 0 atom stereocenters. The first kappa shape index (κ1) is 20.0. The predicted octanol–water partition coefficient (Wildman–Crippen LogP) is 5.95. The first-order chi connectivity index (χ1) is 15.6. The van der Waals surface area contributed by atoms with E-state index in [1.165, 1.54) is 16.5 Å². The third-order valence-corrected chi connectivity index (χ3v) is 5.64. The summed E-state index contributed by atoms with van der Waals surface area (Å²) < 4.78 is 5.01. The van der Waals surface area contributed by atoms with Crippen LogP contribution in [-0.4, -0.2) is 21.0 Å². The second-order valence-electron chi connectivity index (χ2n) is 8.14. The lowest BCUT2D eigenvalue weighted by molar-refractivity contribution is -0.116. The Balaban J connectivity index is 1.42. The molecule has 0 aliphatic carbocycles. The molecule has 0 unspecified atom stereocenters. The molecular formula is C26H24N4O2. The Kier molecular flexibility index (Phi) is 5.19. The maximum atomic E-state index is 12.4. The van der Waals surface area contributed by atoms with Crippen molar-refractivity contribution in [2.75, 3.05) is 5.32 Å². The van der Waals surface area contributed by atoms with E-state index >= 15 is 0 Å². The lowest BCUT2D eigenvalue weighted by Gasteiger charge is -2.07. The van der Waals surface area contributed by atoms with Crippen molar-refractivity contribution in [2.24, 2.45) is 0 Å². The molecule has 0 radical (unpaired) electrons. The second kappa shape index (κ2) is 8.30. The van der Waals surface area contributed by atoms with Gasteiger partial charge >= 0.3 is 0 Å². The fourth-order valence-corrected chi connectivity index (χ4v) is 4.10. The van der Waals surface area contributed by atoms with Crippen LogP contribution < -0.4 is 5.32 Å². The van der Waals surface area contributed by atoms with Crippen LogP contribution >= 0.6 is 0 Å². The lowest BCUT2D eigenvalue weighted by Crippen LogP contribution is -2.11. The number of H-pyrrole nitrogens is 1. The van der Waals surface area contributed by atoms with Crippen molar-refractivity contribution in [3.8, 4) is 11.4 Å². The van der Waals surface area contributed by atoms with Crippen molar-refractivity contribution in [2.45, 2.75) is 33.1 Å². The van der Waals surface area contributed by atoms with E-state index in [0.717, 1.165) is 34.2 Å². The number of rotatable bonds is 6. The van der Waals surface area contributed by atoms with Gasteiger partial charge in [-0.1, -0.05) is 41.1 Å². The van der Waals surface area contributed by atoms with Gasteiger partial charge in [-0.25, -0.2) is 4.98 Å². The van der Waals surface area contributed by atoms with Gasteiger partial charge in [-0.05, 0) is 56.5 Å². The molecule has 0 bridgehead atoms. The molecule has 32 heavy (non-hydrogen) atoms. The van der Waals surface area contributed by atoms with Crippen LogP contribution in [0.25, 0.3) is 33.2 Å². The molecule has 0 fully saturated rings. The molecule has 0 aliphatic rings. The average Bonchev–Trinajstić information content (AvgIpc) is 3.36. The lowest BCUT2D eigenvalue weighted by atomic mass is 10.0. The number of amides is 1. The molecule has 6 heteroatoms. The minimum Gasteiger partial charge on any atom is -0.360 e. The molecule has 0 saturated carbocycles. The average molecular weight is 425 g/mol. The van der Waals surface area contributed by atoms with Crippen LogP contribution in [0.3, 0.4) is 0 Å². The van der Waals surface area contributed by atoms with Gasteiger partial charge in [0.25, 0.3) is 0 Å². The number of fused-ring (bicyclic) bond motifs is 2. The van der Waals surface area contributed by atoms with Gasteiger partial charge < -0.3 is 14.8 Å². The summed E-state index contributed by atoms with van der Waals surface area (Å²) in [5.41, 5.74) is 6.37.